The van der Waals surface area contributed by atoms with E-state index in [0.717, 1.165) is 16.5 Å². The summed E-state index contributed by atoms with van der Waals surface area (Å²) in [4.78, 5) is 17.0. The Morgan fingerprint density at radius 1 is 0.964 bits per heavy atom. The standard InChI is InChI=1S/C23H17FN2O2/c1-28-22-14-21(15-7-9-17(24)10-8-15)26-20-12-11-18(13-19(20)22)25-23(27)16-5-3-2-4-6-16/h2-14H,1H3,(H,25,27). The highest BCUT2D eigenvalue weighted by atomic mass is 19.1. The average Bonchev–Trinajstić information content (AvgIpc) is 2.74. The van der Waals surface area contributed by atoms with E-state index in [1.807, 2.05) is 30.3 Å². The predicted octanol–water partition coefficient (Wildman–Crippen LogP) is 5.30. The maximum atomic E-state index is 13.2. The van der Waals surface area contributed by atoms with Gasteiger partial charge in [0, 0.05) is 28.3 Å². The number of ether oxygens (including phenoxy) is 1. The van der Waals surface area contributed by atoms with Crippen LogP contribution in [0.1, 0.15) is 10.4 Å². The molecule has 3 aromatic carbocycles. The summed E-state index contributed by atoms with van der Waals surface area (Å²) < 4.78 is 18.7. The van der Waals surface area contributed by atoms with Crippen LogP contribution >= 0.6 is 0 Å². The van der Waals surface area contributed by atoms with Crippen molar-refractivity contribution in [2.75, 3.05) is 12.4 Å². The van der Waals surface area contributed by atoms with Crippen LogP contribution in [0.4, 0.5) is 10.1 Å². The van der Waals surface area contributed by atoms with Crippen LogP contribution < -0.4 is 10.1 Å². The van der Waals surface area contributed by atoms with Gasteiger partial charge in [0.2, 0.25) is 0 Å². The third-order valence-electron chi connectivity index (χ3n) is 4.42. The van der Waals surface area contributed by atoms with E-state index in [-0.39, 0.29) is 11.7 Å². The first-order valence-corrected chi connectivity index (χ1v) is 8.75. The van der Waals surface area contributed by atoms with Crippen molar-refractivity contribution in [2.24, 2.45) is 0 Å². The quantitative estimate of drug-likeness (QED) is 0.529. The summed E-state index contributed by atoms with van der Waals surface area (Å²) in [5, 5.41) is 3.67. The number of nitrogens with one attached hydrogen (secondary N) is 1. The molecule has 0 bridgehead atoms. The van der Waals surface area contributed by atoms with E-state index >= 15 is 0 Å². The number of nitrogens with zero attached hydrogens (tertiary/aromatic N) is 1. The number of methoxy groups -OCH3 is 1. The minimum absolute atomic E-state index is 0.185. The summed E-state index contributed by atoms with van der Waals surface area (Å²) in [6.07, 6.45) is 0. The number of rotatable bonds is 4. The van der Waals surface area contributed by atoms with Gasteiger partial charge in [-0.2, -0.15) is 0 Å². The normalized spacial score (nSPS) is 10.6. The van der Waals surface area contributed by atoms with Gasteiger partial charge in [0.05, 0.1) is 18.3 Å². The van der Waals surface area contributed by atoms with E-state index in [0.29, 0.717) is 22.7 Å². The molecule has 0 atom stereocenters. The molecule has 4 aromatic rings. The second-order valence-electron chi connectivity index (χ2n) is 6.27. The van der Waals surface area contributed by atoms with Gasteiger partial charge in [-0.1, -0.05) is 18.2 Å². The number of anilines is 1. The van der Waals surface area contributed by atoms with Gasteiger partial charge in [0.1, 0.15) is 11.6 Å². The Balaban J connectivity index is 1.70. The van der Waals surface area contributed by atoms with Crippen molar-refractivity contribution in [2.45, 2.75) is 0 Å². The molecular weight excluding hydrogens is 355 g/mol. The topological polar surface area (TPSA) is 51.2 Å². The molecule has 0 aliphatic carbocycles. The number of pyridine rings is 1. The molecule has 0 fully saturated rings. The first kappa shape index (κ1) is 17.7. The van der Waals surface area contributed by atoms with E-state index in [1.165, 1.54) is 12.1 Å². The van der Waals surface area contributed by atoms with E-state index in [2.05, 4.69) is 10.3 Å². The summed E-state index contributed by atoms with van der Waals surface area (Å²) in [7, 11) is 1.58. The summed E-state index contributed by atoms with van der Waals surface area (Å²) in [6.45, 7) is 0. The molecule has 0 unspecified atom stereocenters. The van der Waals surface area contributed by atoms with Crippen LogP contribution in [-0.2, 0) is 0 Å². The molecule has 4 rings (SSSR count). The Kier molecular flexibility index (Phi) is 4.72. The van der Waals surface area contributed by atoms with Crippen molar-refractivity contribution in [3.63, 3.8) is 0 Å². The number of amides is 1. The Labute approximate surface area is 161 Å². The third-order valence-corrected chi connectivity index (χ3v) is 4.42. The Hall–Kier alpha value is -3.73. The monoisotopic (exact) mass is 372 g/mol. The van der Waals surface area contributed by atoms with Crippen molar-refractivity contribution in [3.05, 3.63) is 90.2 Å². The molecule has 28 heavy (non-hydrogen) atoms. The molecule has 0 aliphatic rings. The predicted molar refractivity (Wildman–Crippen MR) is 108 cm³/mol. The highest BCUT2D eigenvalue weighted by Gasteiger charge is 2.11. The van der Waals surface area contributed by atoms with Gasteiger partial charge in [-0.25, -0.2) is 9.37 Å². The van der Waals surface area contributed by atoms with Crippen LogP contribution in [0.5, 0.6) is 5.75 Å². The van der Waals surface area contributed by atoms with Gasteiger partial charge >= 0.3 is 0 Å². The van der Waals surface area contributed by atoms with Gasteiger partial charge in [0.15, 0.2) is 0 Å². The minimum atomic E-state index is -0.296. The molecule has 1 aromatic heterocycles. The molecule has 4 nitrogen and oxygen atoms in total. The van der Waals surface area contributed by atoms with Crippen LogP contribution in [0.2, 0.25) is 0 Å². The highest BCUT2D eigenvalue weighted by Crippen LogP contribution is 2.32. The first-order chi connectivity index (χ1) is 13.6. The fourth-order valence-corrected chi connectivity index (χ4v) is 3.00. The molecule has 5 heteroatoms. The van der Waals surface area contributed by atoms with Crippen LogP contribution in [0.3, 0.4) is 0 Å². The molecule has 138 valence electrons. The second-order valence-corrected chi connectivity index (χ2v) is 6.27. The lowest BCUT2D eigenvalue weighted by Crippen LogP contribution is -2.11. The fraction of sp³-hybridized carbons (Fsp3) is 0.0435. The van der Waals surface area contributed by atoms with Gasteiger partial charge in [-0.15, -0.1) is 0 Å². The van der Waals surface area contributed by atoms with Crippen molar-refractivity contribution in [1.29, 1.82) is 0 Å². The zero-order chi connectivity index (χ0) is 19.5. The number of carbonyl (C=O) groups is 1. The van der Waals surface area contributed by atoms with Gasteiger partial charge in [-0.3, -0.25) is 4.79 Å². The summed E-state index contributed by atoms with van der Waals surface area (Å²) in [5.74, 6) is 0.144. The molecule has 1 N–H and O–H groups in total. The van der Waals surface area contributed by atoms with Crippen LogP contribution in [0, 0.1) is 5.82 Å². The van der Waals surface area contributed by atoms with Crippen LogP contribution in [0.15, 0.2) is 78.9 Å². The SMILES string of the molecule is COc1cc(-c2ccc(F)cc2)nc2ccc(NC(=O)c3ccccc3)cc12. The van der Waals surface area contributed by atoms with Crippen LogP contribution in [0.25, 0.3) is 22.2 Å². The lowest BCUT2D eigenvalue weighted by Gasteiger charge is -2.11. The van der Waals surface area contributed by atoms with Gasteiger partial charge in [-0.05, 0) is 54.6 Å². The van der Waals surface area contributed by atoms with Crippen molar-refractivity contribution < 1.29 is 13.9 Å². The molecule has 1 heterocycles. The van der Waals surface area contributed by atoms with Crippen molar-refractivity contribution in [3.8, 4) is 17.0 Å². The molecule has 0 aliphatic heterocycles. The zero-order valence-electron chi connectivity index (χ0n) is 15.1. The highest BCUT2D eigenvalue weighted by molar-refractivity contribution is 6.05. The molecule has 0 radical (unpaired) electrons. The number of aromatic nitrogens is 1. The Morgan fingerprint density at radius 2 is 1.71 bits per heavy atom. The van der Waals surface area contributed by atoms with E-state index in [9.17, 15) is 9.18 Å². The number of fused-ring (bicyclic) bond motifs is 1. The number of benzene rings is 3. The lowest BCUT2D eigenvalue weighted by atomic mass is 10.1. The summed E-state index contributed by atoms with van der Waals surface area (Å²) in [5.41, 5.74) is 3.43. The number of hydrogen-bond acceptors (Lipinski definition) is 3. The smallest absolute Gasteiger partial charge is 0.255 e. The molecular formula is C23H17FN2O2. The lowest BCUT2D eigenvalue weighted by molar-refractivity contribution is 0.102. The van der Waals surface area contributed by atoms with Gasteiger partial charge in [0.25, 0.3) is 5.91 Å². The minimum Gasteiger partial charge on any atom is -0.496 e. The molecule has 0 saturated carbocycles. The molecule has 0 spiro atoms. The molecule has 0 saturated heterocycles. The second kappa shape index (κ2) is 7.48. The van der Waals surface area contributed by atoms with Crippen molar-refractivity contribution in [1.82, 2.24) is 4.98 Å². The summed E-state index contributed by atoms with van der Waals surface area (Å²) >= 11 is 0. The van der Waals surface area contributed by atoms with Crippen molar-refractivity contribution >= 4 is 22.5 Å². The Morgan fingerprint density at radius 3 is 2.43 bits per heavy atom. The maximum absolute atomic E-state index is 13.2. The fourth-order valence-electron chi connectivity index (χ4n) is 3.00. The van der Waals surface area contributed by atoms with E-state index < -0.39 is 0 Å². The number of hydrogen-bond donors (Lipinski definition) is 1. The number of halogens is 1. The largest absolute Gasteiger partial charge is 0.496 e. The van der Waals surface area contributed by atoms with E-state index in [4.69, 9.17) is 4.74 Å². The maximum Gasteiger partial charge on any atom is 0.255 e. The zero-order valence-corrected chi connectivity index (χ0v) is 15.1. The first-order valence-electron chi connectivity index (χ1n) is 8.75. The van der Waals surface area contributed by atoms with Crippen LogP contribution in [-0.4, -0.2) is 18.0 Å². The Bertz CT molecular complexity index is 1140. The number of carbonyl (C=O) groups excluding carboxylic acids is 1. The average molecular weight is 372 g/mol. The summed E-state index contributed by atoms with van der Waals surface area (Å²) in [6, 6.07) is 22.4. The third kappa shape index (κ3) is 3.55. The molecule has 1 amide bonds. The van der Waals surface area contributed by atoms with E-state index in [1.54, 1.807) is 43.5 Å². The van der Waals surface area contributed by atoms with Gasteiger partial charge < -0.3 is 10.1 Å².